The maximum Gasteiger partial charge on any atom is 0.241 e. The van der Waals surface area contributed by atoms with Crippen LogP contribution in [-0.2, 0) is 11.2 Å². The molecule has 0 aliphatic carbocycles. The Balaban J connectivity index is 0.00000420. The van der Waals surface area contributed by atoms with Gasteiger partial charge < -0.3 is 20.7 Å². The third kappa shape index (κ3) is 10.7. The third-order valence-electron chi connectivity index (χ3n) is 3.99. The minimum Gasteiger partial charge on any atom is -0.492 e. The Bertz CT molecular complexity index is 736. The fourth-order valence-electron chi connectivity index (χ4n) is 2.51. The predicted octanol–water partition coefficient (Wildman–Crippen LogP) is 2.91. The van der Waals surface area contributed by atoms with Crippen molar-refractivity contribution in [1.82, 2.24) is 16.0 Å². The van der Waals surface area contributed by atoms with Gasteiger partial charge in [-0.25, -0.2) is 4.99 Å². The largest absolute Gasteiger partial charge is 0.492 e. The first-order chi connectivity index (χ1) is 13.7. The van der Waals surface area contributed by atoms with Crippen molar-refractivity contribution < 1.29 is 9.53 Å². The minimum atomic E-state index is -0.0935. The first-order valence-corrected chi connectivity index (χ1v) is 9.69. The van der Waals surface area contributed by atoms with Crippen molar-refractivity contribution in [3.63, 3.8) is 0 Å². The van der Waals surface area contributed by atoms with E-state index in [0.717, 1.165) is 18.7 Å². The molecule has 158 valence electrons. The molecule has 3 N–H and O–H groups in total. The summed E-state index contributed by atoms with van der Waals surface area (Å²) in [6, 6.07) is 18.0. The highest BCUT2D eigenvalue weighted by Crippen LogP contribution is 2.10. The number of carbonyl (C=O) groups excluding carboxylic acids is 1. The van der Waals surface area contributed by atoms with Gasteiger partial charge in [0.1, 0.15) is 18.9 Å². The molecule has 7 heteroatoms. The summed E-state index contributed by atoms with van der Waals surface area (Å²) in [4.78, 5) is 16.3. The standard InChI is InChI=1S/C22H30N4O2.HI/c1-3-23-22(25-15-16-28-20-11-9-18(2)10-12-20)26-17-21(27)24-14-13-19-7-5-4-6-8-19;/h4-12H,3,13-17H2,1-2H3,(H,24,27)(H2,23,25,26);1H. The number of ether oxygens (including phenoxy) is 1. The second-order valence-electron chi connectivity index (χ2n) is 6.37. The number of halogens is 1. The molecule has 0 spiro atoms. The predicted molar refractivity (Wildman–Crippen MR) is 129 cm³/mol. The van der Waals surface area contributed by atoms with Crippen molar-refractivity contribution in [2.24, 2.45) is 4.99 Å². The maximum absolute atomic E-state index is 12.0. The van der Waals surface area contributed by atoms with Gasteiger partial charge >= 0.3 is 0 Å². The van der Waals surface area contributed by atoms with Crippen LogP contribution in [0.2, 0.25) is 0 Å². The van der Waals surface area contributed by atoms with E-state index in [1.165, 1.54) is 11.1 Å². The smallest absolute Gasteiger partial charge is 0.241 e. The lowest BCUT2D eigenvalue weighted by atomic mass is 10.1. The van der Waals surface area contributed by atoms with Gasteiger partial charge in [-0.3, -0.25) is 4.79 Å². The molecule has 0 aromatic heterocycles. The van der Waals surface area contributed by atoms with E-state index in [9.17, 15) is 4.79 Å². The second-order valence-corrected chi connectivity index (χ2v) is 6.37. The topological polar surface area (TPSA) is 74.8 Å². The van der Waals surface area contributed by atoms with Crippen molar-refractivity contribution in [2.75, 3.05) is 32.8 Å². The summed E-state index contributed by atoms with van der Waals surface area (Å²) in [6.07, 6.45) is 0.810. The van der Waals surface area contributed by atoms with E-state index in [0.29, 0.717) is 25.7 Å². The van der Waals surface area contributed by atoms with Gasteiger partial charge in [-0.2, -0.15) is 0 Å². The van der Waals surface area contributed by atoms with Crippen molar-refractivity contribution in [3.05, 3.63) is 65.7 Å². The van der Waals surface area contributed by atoms with Crippen LogP contribution in [0.4, 0.5) is 0 Å². The van der Waals surface area contributed by atoms with E-state index in [4.69, 9.17) is 4.74 Å². The molecule has 0 fully saturated rings. The van der Waals surface area contributed by atoms with Gasteiger partial charge in [-0.05, 0) is 38.0 Å². The van der Waals surface area contributed by atoms with Gasteiger partial charge in [0.25, 0.3) is 0 Å². The number of nitrogens with zero attached hydrogens (tertiary/aromatic N) is 1. The van der Waals surface area contributed by atoms with Crippen LogP contribution in [-0.4, -0.2) is 44.7 Å². The Kier molecular flexibility index (Phi) is 12.5. The lowest BCUT2D eigenvalue weighted by Gasteiger charge is -2.12. The van der Waals surface area contributed by atoms with Crippen LogP contribution in [0, 0.1) is 6.92 Å². The fourth-order valence-corrected chi connectivity index (χ4v) is 2.51. The summed E-state index contributed by atoms with van der Waals surface area (Å²) in [6.45, 7) is 6.55. The highest BCUT2D eigenvalue weighted by molar-refractivity contribution is 14.0. The van der Waals surface area contributed by atoms with E-state index < -0.39 is 0 Å². The molecule has 0 saturated heterocycles. The fraction of sp³-hybridized carbons (Fsp3) is 0.364. The molecule has 0 saturated carbocycles. The number of rotatable bonds is 10. The Hall–Kier alpha value is -2.29. The summed E-state index contributed by atoms with van der Waals surface area (Å²) in [5.74, 6) is 1.35. The number of guanidine groups is 1. The van der Waals surface area contributed by atoms with E-state index in [1.807, 2.05) is 56.3 Å². The zero-order valence-electron chi connectivity index (χ0n) is 17.1. The molecule has 0 aliphatic rings. The van der Waals surface area contributed by atoms with Crippen LogP contribution in [0.3, 0.4) is 0 Å². The van der Waals surface area contributed by atoms with Crippen LogP contribution in [0.25, 0.3) is 0 Å². The number of benzene rings is 2. The van der Waals surface area contributed by atoms with Gasteiger partial charge in [0.15, 0.2) is 5.96 Å². The summed E-state index contributed by atoms with van der Waals surface area (Å²) < 4.78 is 5.69. The maximum atomic E-state index is 12.0. The number of carbonyl (C=O) groups is 1. The number of aliphatic imine (C=N–C) groups is 1. The van der Waals surface area contributed by atoms with E-state index >= 15 is 0 Å². The van der Waals surface area contributed by atoms with Crippen LogP contribution < -0.4 is 20.7 Å². The number of hydrogen-bond donors (Lipinski definition) is 3. The molecule has 6 nitrogen and oxygen atoms in total. The van der Waals surface area contributed by atoms with Crippen LogP contribution in [0.5, 0.6) is 5.75 Å². The Labute approximate surface area is 190 Å². The average molecular weight is 510 g/mol. The average Bonchev–Trinajstić information content (AvgIpc) is 2.71. The summed E-state index contributed by atoms with van der Waals surface area (Å²) >= 11 is 0. The summed E-state index contributed by atoms with van der Waals surface area (Å²) in [7, 11) is 0. The zero-order valence-corrected chi connectivity index (χ0v) is 19.4. The highest BCUT2D eigenvalue weighted by atomic mass is 127. The van der Waals surface area contributed by atoms with Gasteiger partial charge in [-0.1, -0.05) is 48.0 Å². The van der Waals surface area contributed by atoms with Crippen LogP contribution in [0.1, 0.15) is 18.1 Å². The van der Waals surface area contributed by atoms with Crippen molar-refractivity contribution in [1.29, 1.82) is 0 Å². The molecule has 0 radical (unpaired) electrons. The Morgan fingerprint density at radius 1 is 0.966 bits per heavy atom. The van der Waals surface area contributed by atoms with E-state index in [1.54, 1.807) is 0 Å². The summed E-state index contributed by atoms with van der Waals surface area (Å²) in [5, 5.41) is 9.20. The van der Waals surface area contributed by atoms with Gasteiger partial charge in [0, 0.05) is 13.1 Å². The number of amides is 1. The second kappa shape index (κ2) is 14.7. The van der Waals surface area contributed by atoms with Gasteiger partial charge in [0.05, 0.1) is 6.54 Å². The van der Waals surface area contributed by atoms with Gasteiger partial charge in [-0.15, -0.1) is 24.0 Å². The molecule has 1 amide bonds. The minimum absolute atomic E-state index is 0. The zero-order chi connectivity index (χ0) is 20.0. The Morgan fingerprint density at radius 3 is 2.38 bits per heavy atom. The molecule has 2 aromatic rings. The molecule has 0 atom stereocenters. The lowest BCUT2D eigenvalue weighted by molar-refractivity contribution is -0.119. The van der Waals surface area contributed by atoms with Gasteiger partial charge in [0.2, 0.25) is 5.91 Å². The third-order valence-corrected chi connectivity index (χ3v) is 3.99. The molecular weight excluding hydrogens is 479 g/mol. The van der Waals surface area contributed by atoms with Crippen molar-refractivity contribution >= 4 is 35.8 Å². The van der Waals surface area contributed by atoms with Crippen molar-refractivity contribution in [3.8, 4) is 5.75 Å². The molecule has 0 heterocycles. The first kappa shape index (κ1) is 24.7. The normalized spacial score (nSPS) is 10.6. The number of hydrogen-bond acceptors (Lipinski definition) is 3. The molecular formula is C22H31IN4O2. The number of nitrogens with one attached hydrogen (secondary N) is 3. The molecule has 29 heavy (non-hydrogen) atoms. The Morgan fingerprint density at radius 2 is 1.69 bits per heavy atom. The molecule has 0 aliphatic heterocycles. The van der Waals surface area contributed by atoms with E-state index in [2.05, 4.69) is 33.1 Å². The molecule has 2 rings (SSSR count). The highest BCUT2D eigenvalue weighted by Gasteiger charge is 2.02. The molecule has 0 unspecified atom stereocenters. The molecule has 0 bridgehead atoms. The summed E-state index contributed by atoms with van der Waals surface area (Å²) in [5.41, 5.74) is 2.41. The van der Waals surface area contributed by atoms with Crippen molar-refractivity contribution in [2.45, 2.75) is 20.3 Å². The van der Waals surface area contributed by atoms with Crippen LogP contribution >= 0.6 is 24.0 Å². The quantitative estimate of drug-likeness (QED) is 0.199. The van der Waals surface area contributed by atoms with Crippen LogP contribution in [0.15, 0.2) is 59.6 Å². The first-order valence-electron chi connectivity index (χ1n) is 9.69. The monoisotopic (exact) mass is 510 g/mol. The SMILES string of the molecule is CCNC(=NCC(=O)NCCc1ccccc1)NCCOc1ccc(C)cc1.I. The van der Waals surface area contributed by atoms with E-state index in [-0.39, 0.29) is 36.4 Å². The lowest BCUT2D eigenvalue weighted by Crippen LogP contribution is -2.40. The molecule has 2 aromatic carbocycles. The number of aryl methyl sites for hydroxylation is 1.